The van der Waals surface area contributed by atoms with E-state index in [2.05, 4.69) is 43.2 Å². The molecule has 6 nitrogen and oxygen atoms in total. The lowest BCUT2D eigenvalue weighted by Crippen LogP contribution is -2.28. The van der Waals surface area contributed by atoms with Crippen LogP contribution in [-0.2, 0) is 10.0 Å². The van der Waals surface area contributed by atoms with Crippen molar-refractivity contribution in [1.82, 2.24) is 9.29 Å². The number of hydrogen-bond acceptors (Lipinski definition) is 5. The van der Waals surface area contributed by atoms with Crippen molar-refractivity contribution in [3.8, 4) is 11.3 Å². The minimum atomic E-state index is -3.59. The number of sulfonamides is 1. The number of rotatable bonds is 5. The molecule has 0 saturated carbocycles. The number of amides is 1. The van der Waals surface area contributed by atoms with Gasteiger partial charge in [-0.15, -0.1) is 11.3 Å². The lowest BCUT2D eigenvalue weighted by molar-refractivity contribution is 0.102. The molecule has 1 amide bonds. The van der Waals surface area contributed by atoms with Crippen LogP contribution in [0.1, 0.15) is 45.5 Å². The number of benzene rings is 2. The third-order valence-corrected chi connectivity index (χ3v) is 8.47. The van der Waals surface area contributed by atoms with Crippen LogP contribution in [0, 0.1) is 27.7 Å². The fourth-order valence-electron chi connectivity index (χ4n) is 4.28. The van der Waals surface area contributed by atoms with E-state index in [9.17, 15) is 13.2 Å². The van der Waals surface area contributed by atoms with Crippen LogP contribution in [0.15, 0.2) is 40.6 Å². The van der Waals surface area contributed by atoms with Crippen LogP contribution in [0.4, 0.5) is 5.13 Å². The second-order valence-electron chi connectivity index (χ2n) is 8.35. The molecule has 1 saturated heterocycles. The van der Waals surface area contributed by atoms with Gasteiger partial charge in [-0.05, 0) is 69.4 Å². The molecule has 2 aromatic carbocycles. The van der Waals surface area contributed by atoms with E-state index in [1.807, 2.05) is 5.38 Å². The van der Waals surface area contributed by atoms with Crippen LogP contribution >= 0.6 is 11.3 Å². The largest absolute Gasteiger partial charge is 0.298 e. The van der Waals surface area contributed by atoms with E-state index >= 15 is 0 Å². The van der Waals surface area contributed by atoms with E-state index < -0.39 is 10.0 Å². The molecule has 0 aliphatic carbocycles. The first kappa shape index (κ1) is 22.6. The lowest BCUT2D eigenvalue weighted by atomic mass is 9.98. The summed E-state index contributed by atoms with van der Waals surface area (Å²) < 4.78 is 27.3. The smallest absolute Gasteiger partial charge is 0.257 e. The summed E-state index contributed by atoms with van der Waals surface area (Å²) in [4.78, 5) is 17.8. The van der Waals surface area contributed by atoms with Crippen LogP contribution < -0.4 is 5.32 Å². The first-order valence-electron chi connectivity index (χ1n) is 10.6. The molecule has 1 aromatic heterocycles. The zero-order valence-electron chi connectivity index (χ0n) is 18.7. The van der Waals surface area contributed by atoms with Gasteiger partial charge in [-0.3, -0.25) is 10.1 Å². The van der Waals surface area contributed by atoms with Gasteiger partial charge in [0.1, 0.15) is 0 Å². The molecule has 0 radical (unpaired) electrons. The molecule has 8 heteroatoms. The Kier molecular flexibility index (Phi) is 6.20. The van der Waals surface area contributed by atoms with Crippen molar-refractivity contribution in [2.24, 2.45) is 0 Å². The summed E-state index contributed by atoms with van der Waals surface area (Å²) in [5.41, 5.74) is 6.42. The molecule has 2 heterocycles. The van der Waals surface area contributed by atoms with Crippen molar-refractivity contribution >= 4 is 32.4 Å². The van der Waals surface area contributed by atoms with Crippen LogP contribution in [0.25, 0.3) is 11.3 Å². The maximum Gasteiger partial charge on any atom is 0.257 e. The third-order valence-electron chi connectivity index (χ3n) is 5.81. The predicted octanol–water partition coefficient (Wildman–Crippen LogP) is 5.08. The Morgan fingerprint density at radius 2 is 1.66 bits per heavy atom. The molecule has 3 aromatic rings. The van der Waals surface area contributed by atoms with Crippen molar-refractivity contribution in [3.05, 3.63) is 63.5 Å². The van der Waals surface area contributed by atoms with Crippen LogP contribution in [0.3, 0.4) is 0 Å². The van der Waals surface area contributed by atoms with Crippen LogP contribution in [0.5, 0.6) is 0 Å². The van der Waals surface area contributed by atoms with Gasteiger partial charge in [-0.25, -0.2) is 13.4 Å². The lowest BCUT2D eigenvalue weighted by Gasteiger charge is -2.16. The van der Waals surface area contributed by atoms with Gasteiger partial charge < -0.3 is 0 Å². The number of nitrogens with zero attached hydrogens (tertiary/aromatic N) is 2. The standard InChI is InChI=1S/C24H27N3O3S2/c1-15-11-17(3)22(18(4)12-15)21-14-31-24(25-21)26-23(28)20-13-19(8-7-16(20)2)32(29,30)27-9-5-6-10-27/h7-8,11-14H,5-6,9-10H2,1-4H3,(H,25,26,28). The molecule has 0 spiro atoms. The average molecular weight is 470 g/mol. The van der Waals surface area contributed by atoms with Gasteiger partial charge in [-0.1, -0.05) is 23.8 Å². The van der Waals surface area contributed by atoms with Gasteiger partial charge in [0.15, 0.2) is 5.13 Å². The molecule has 32 heavy (non-hydrogen) atoms. The molecule has 1 N–H and O–H groups in total. The van der Waals surface area contributed by atoms with Gasteiger partial charge >= 0.3 is 0 Å². The molecule has 168 valence electrons. The van der Waals surface area contributed by atoms with Gasteiger partial charge in [0.05, 0.1) is 10.6 Å². The van der Waals surface area contributed by atoms with E-state index in [0.29, 0.717) is 29.3 Å². The monoisotopic (exact) mass is 469 g/mol. The topological polar surface area (TPSA) is 79.4 Å². The highest BCUT2D eigenvalue weighted by Crippen LogP contribution is 2.31. The molecular weight excluding hydrogens is 442 g/mol. The van der Waals surface area contributed by atoms with E-state index in [4.69, 9.17) is 0 Å². The highest BCUT2D eigenvalue weighted by atomic mass is 32.2. The maximum atomic E-state index is 13.0. The first-order valence-corrected chi connectivity index (χ1v) is 12.9. The fraction of sp³-hybridized carbons (Fsp3) is 0.333. The molecule has 0 bridgehead atoms. The third kappa shape index (κ3) is 4.35. The minimum absolute atomic E-state index is 0.154. The van der Waals surface area contributed by atoms with Gasteiger partial charge in [0.2, 0.25) is 10.0 Å². The molecule has 1 aliphatic rings. The molecule has 0 unspecified atom stereocenters. The highest BCUT2D eigenvalue weighted by molar-refractivity contribution is 7.89. The molecular formula is C24H27N3O3S2. The van der Waals surface area contributed by atoms with E-state index in [0.717, 1.165) is 35.2 Å². The summed E-state index contributed by atoms with van der Waals surface area (Å²) in [6.07, 6.45) is 1.73. The number of thiazole rings is 1. The van der Waals surface area contributed by atoms with Crippen molar-refractivity contribution in [3.63, 3.8) is 0 Å². The zero-order chi connectivity index (χ0) is 23.0. The average Bonchev–Trinajstić information content (AvgIpc) is 3.40. The predicted molar refractivity (Wildman–Crippen MR) is 129 cm³/mol. The number of aromatic nitrogens is 1. The van der Waals surface area contributed by atoms with E-state index in [1.54, 1.807) is 19.1 Å². The molecule has 1 fully saturated rings. The number of carbonyl (C=O) groups excluding carboxylic acids is 1. The maximum absolute atomic E-state index is 13.0. The summed E-state index contributed by atoms with van der Waals surface area (Å²) in [6.45, 7) is 9.03. The Morgan fingerprint density at radius 3 is 2.31 bits per heavy atom. The van der Waals surface area contributed by atoms with E-state index in [1.165, 1.54) is 27.3 Å². The Bertz CT molecular complexity index is 1270. The summed E-state index contributed by atoms with van der Waals surface area (Å²) in [5.74, 6) is -0.362. The molecule has 0 atom stereocenters. The first-order chi connectivity index (χ1) is 15.2. The summed E-state index contributed by atoms with van der Waals surface area (Å²) >= 11 is 1.36. The van der Waals surface area contributed by atoms with Crippen molar-refractivity contribution < 1.29 is 13.2 Å². The normalized spacial score (nSPS) is 14.6. The summed E-state index contributed by atoms with van der Waals surface area (Å²) in [5, 5.41) is 5.26. The highest BCUT2D eigenvalue weighted by Gasteiger charge is 2.28. The van der Waals surface area contributed by atoms with Crippen molar-refractivity contribution in [1.29, 1.82) is 0 Å². The molecule has 1 aliphatic heterocycles. The minimum Gasteiger partial charge on any atom is -0.298 e. The fourth-order valence-corrected chi connectivity index (χ4v) is 6.52. The number of carbonyl (C=O) groups is 1. The van der Waals surface area contributed by atoms with Gasteiger partial charge in [-0.2, -0.15) is 4.31 Å². The summed E-state index contributed by atoms with van der Waals surface area (Å²) in [6, 6.07) is 8.97. The van der Waals surface area contributed by atoms with Crippen LogP contribution in [0.2, 0.25) is 0 Å². The number of nitrogens with one attached hydrogen (secondary N) is 1. The van der Waals surface area contributed by atoms with Crippen LogP contribution in [-0.4, -0.2) is 36.7 Å². The number of hydrogen-bond donors (Lipinski definition) is 1. The van der Waals surface area contributed by atoms with Crippen molar-refractivity contribution in [2.75, 3.05) is 18.4 Å². The Hall–Kier alpha value is -2.55. The second kappa shape index (κ2) is 8.77. The summed E-state index contributed by atoms with van der Waals surface area (Å²) in [7, 11) is -3.59. The zero-order valence-corrected chi connectivity index (χ0v) is 20.4. The number of anilines is 1. The Morgan fingerprint density at radius 1 is 1.00 bits per heavy atom. The molecule has 4 rings (SSSR count). The Balaban J connectivity index is 1.59. The van der Waals surface area contributed by atoms with Gasteiger partial charge in [0, 0.05) is 29.6 Å². The SMILES string of the molecule is Cc1cc(C)c(-c2csc(NC(=O)c3cc(S(=O)(=O)N4CCCC4)ccc3C)n2)c(C)c1. The Labute approximate surface area is 193 Å². The van der Waals surface area contributed by atoms with Crippen molar-refractivity contribution in [2.45, 2.75) is 45.4 Å². The number of aryl methyl sites for hydroxylation is 4. The van der Waals surface area contributed by atoms with Gasteiger partial charge in [0.25, 0.3) is 5.91 Å². The second-order valence-corrected chi connectivity index (χ2v) is 11.1. The quantitative estimate of drug-likeness (QED) is 0.565. The van der Waals surface area contributed by atoms with E-state index in [-0.39, 0.29) is 10.8 Å².